The molecular weight excluding hydrogens is 306 g/mol. The fourth-order valence-corrected chi connectivity index (χ4v) is 2.19. The standard InChI is InChI=1S/C19H21NO4/c1-4-24-16-11-9-15(10-12-16)20-18(21)13-8-14-6-5-7-17(22-2)19(14)23-3/h5-13H,4H2,1-3H3,(H,20,21)/b13-8+. The Morgan fingerprint density at radius 2 is 1.83 bits per heavy atom. The molecule has 0 aliphatic rings. The second kappa shape index (κ2) is 8.62. The topological polar surface area (TPSA) is 56.8 Å². The quantitative estimate of drug-likeness (QED) is 0.787. The number of rotatable bonds is 7. The first kappa shape index (κ1) is 17.4. The molecule has 0 heterocycles. The Morgan fingerprint density at radius 1 is 1.08 bits per heavy atom. The van der Waals surface area contributed by atoms with E-state index in [9.17, 15) is 4.79 Å². The van der Waals surface area contributed by atoms with E-state index in [-0.39, 0.29) is 5.91 Å². The van der Waals surface area contributed by atoms with Gasteiger partial charge in [-0.2, -0.15) is 0 Å². The molecule has 1 N–H and O–H groups in total. The van der Waals surface area contributed by atoms with Crippen molar-refractivity contribution < 1.29 is 19.0 Å². The Kier molecular flexibility index (Phi) is 6.25. The van der Waals surface area contributed by atoms with Gasteiger partial charge in [-0.15, -0.1) is 0 Å². The van der Waals surface area contributed by atoms with Gasteiger partial charge in [-0.1, -0.05) is 12.1 Å². The van der Waals surface area contributed by atoms with E-state index in [1.165, 1.54) is 6.08 Å². The molecule has 5 nitrogen and oxygen atoms in total. The average molecular weight is 327 g/mol. The van der Waals surface area contributed by atoms with Crippen molar-refractivity contribution in [2.75, 3.05) is 26.1 Å². The SMILES string of the molecule is CCOc1ccc(NC(=O)/C=C/c2cccc(OC)c2OC)cc1. The summed E-state index contributed by atoms with van der Waals surface area (Å²) in [6.07, 6.45) is 3.14. The fourth-order valence-electron chi connectivity index (χ4n) is 2.19. The van der Waals surface area contributed by atoms with Crippen LogP contribution in [0.3, 0.4) is 0 Å². The first-order valence-electron chi connectivity index (χ1n) is 7.60. The summed E-state index contributed by atoms with van der Waals surface area (Å²) in [6.45, 7) is 2.53. The van der Waals surface area contributed by atoms with Crippen molar-refractivity contribution in [2.45, 2.75) is 6.92 Å². The summed E-state index contributed by atoms with van der Waals surface area (Å²) in [5.74, 6) is 1.74. The number of hydrogen-bond acceptors (Lipinski definition) is 4. The third-order valence-electron chi connectivity index (χ3n) is 3.28. The molecule has 1 amide bonds. The monoisotopic (exact) mass is 327 g/mol. The van der Waals surface area contributed by atoms with Crippen LogP contribution >= 0.6 is 0 Å². The van der Waals surface area contributed by atoms with Crippen molar-refractivity contribution in [3.63, 3.8) is 0 Å². The first-order chi connectivity index (χ1) is 11.7. The minimum atomic E-state index is -0.232. The predicted octanol–water partition coefficient (Wildman–Crippen LogP) is 3.75. The number of nitrogens with one attached hydrogen (secondary N) is 1. The maximum Gasteiger partial charge on any atom is 0.248 e. The van der Waals surface area contributed by atoms with Crippen LogP contribution in [0, 0.1) is 0 Å². The van der Waals surface area contributed by atoms with E-state index in [1.807, 2.05) is 31.2 Å². The zero-order chi connectivity index (χ0) is 17.4. The number of para-hydroxylation sites is 1. The number of carbonyl (C=O) groups is 1. The van der Waals surface area contributed by atoms with E-state index >= 15 is 0 Å². The van der Waals surface area contributed by atoms with E-state index in [0.29, 0.717) is 23.8 Å². The molecule has 126 valence electrons. The molecule has 0 aromatic heterocycles. The van der Waals surface area contributed by atoms with Crippen LogP contribution in [-0.4, -0.2) is 26.7 Å². The highest BCUT2D eigenvalue weighted by atomic mass is 16.5. The van der Waals surface area contributed by atoms with Crippen LogP contribution in [0.2, 0.25) is 0 Å². The third-order valence-corrected chi connectivity index (χ3v) is 3.28. The molecule has 0 atom stereocenters. The van der Waals surface area contributed by atoms with E-state index in [2.05, 4.69) is 5.32 Å². The molecule has 2 aromatic carbocycles. The van der Waals surface area contributed by atoms with Gasteiger partial charge in [-0.05, 0) is 43.3 Å². The largest absolute Gasteiger partial charge is 0.494 e. The summed E-state index contributed by atoms with van der Waals surface area (Å²) in [4.78, 5) is 12.0. The van der Waals surface area contributed by atoms with Crippen LogP contribution in [0.1, 0.15) is 12.5 Å². The second-order valence-corrected chi connectivity index (χ2v) is 4.86. The molecule has 2 aromatic rings. The van der Waals surface area contributed by atoms with Crippen molar-refractivity contribution >= 4 is 17.7 Å². The fraction of sp³-hybridized carbons (Fsp3) is 0.211. The molecule has 5 heteroatoms. The lowest BCUT2D eigenvalue weighted by Crippen LogP contribution is -2.07. The molecule has 2 rings (SSSR count). The summed E-state index contributed by atoms with van der Waals surface area (Å²) in [5.41, 5.74) is 1.46. The maximum atomic E-state index is 12.0. The van der Waals surface area contributed by atoms with Gasteiger partial charge >= 0.3 is 0 Å². The smallest absolute Gasteiger partial charge is 0.248 e. The molecular formula is C19H21NO4. The van der Waals surface area contributed by atoms with Crippen molar-refractivity contribution in [3.8, 4) is 17.2 Å². The van der Waals surface area contributed by atoms with Crippen LogP contribution in [-0.2, 0) is 4.79 Å². The summed E-state index contributed by atoms with van der Waals surface area (Å²) < 4.78 is 15.9. The number of amides is 1. The van der Waals surface area contributed by atoms with Crippen molar-refractivity contribution in [3.05, 3.63) is 54.1 Å². The predicted molar refractivity (Wildman–Crippen MR) is 94.8 cm³/mol. The summed E-state index contributed by atoms with van der Waals surface area (Å²) in [7, 11) is 3.14. The number of methoxy groups -OCH3 is 2. The highest BCUT2D eigenvalue weighted by molar-refractivity contribution is 6.02. The molecule has 0 fully saturated rings. The van der Waals surface area contributed by atoms with Crippen molar-refractivity contribution in [1.29, 1.82) is 0 Å². The van der Waals surface area contributed by atoms with Gasteiger partial charge in [0, 0.05) is 17.3 Å². The molecule has 0 spiro atoms. The Labute approximate surface area is 141 Å². The Bertz CT molecular complexity index is 708. The van der Waals surface area contributed by atoms with Gasteiger partial charge in [0.15, 0.2) is 11.5 Å². The lowest BCUT2D eigenvalue weighted by Gasteiger charge is -2.09. The molecule has 0 aliphatic carbocycles. The van der Waals surface area contributed by atoms with Crippen LogP contribution < -0.4 is 19.5 Å². The molecule has 24 heavy (non-hydrogen) atoms. The summed E-state index contributed by atoms with van der Waals surface area (Å²) in [5, 5.41) is 2.79. The number of benzene rings is 2. The third kappa shape index (κ3) is 4.52. The number of carbonyl (C=O) groups excluding carboxylic acids is 1. The van der Waals surface area contributed by atoms with Crippen LogP contribution in [0.5, 0.6) is 17.2 Å². The minimum absolute atomic E-state index is 0.232. The molecule has 0 saturated carbocycles. The minimum Gasteiger partial charge on any atom is -0.494 e. The zero-order valence-corrected chi connectivity index (χ0v) is 14.0. The van der Waals surface area contributed by atoms with Crippen LogP contribution in [0.15, 0.2) is 48.5 Å². The molecule has 0 saturated heterocycles. The van der Waals surface area contributed by atoms with Gasteiger partial charge in [0.1, 0.15) is 5.75 Å². The van der Waals surface area contributed by atoms with Crippen molar-refractivity contribution in [2.24, 2.45) is 0 Å². The van der Waals surface area contributed by atoms with Gasteiger partial charge in [0.05, 0.1) is 20.8 Å². The number of hydrogen-bond donors (Lipinski definition) is 1. The molecule has 0 unspecified atom stereocenters. The Balaban J connectivity index is 2.05. The van der Waals surface area contributed by atoms with Gasteiger partial charge in [0.25, 0.3) is 0 Å². The number of ether oxygens (including phenoxy) is 3. The molecule has 0 aliphatic heterocycles. The van der Waals surface area contributed by atoms with E-state index in [1.54, 1.807) is 38.5 Å². The molecule has 0 radical (unpaired) electrons. The van der Waals surface area contributed by atoms with Crippen LogP contribution in [0.4, 0.5) is 5.69 Å². The van der Waals surface area contributed by atoms with E-state index < -0.39 is 0 Å². The lowest BCUT2D eigenvalue weighted by atomic mass is 10.1. The van der Waals surface area contributed by atoms with Gasteiger partial charge in [-0.3, -0.25) is 4.79 Å². The van der Waals surface area contributed by atoms with Gasteiger partial charge in [-0.25, -0.2) is 0 Å². The normalized spacial score (nSPS) is 10.5. The lowest BCUT2D eigenvalue weighted by molar-refractivity contribution is -0.111. The number of anilines is 1. The summed E-state index contributed by atoms with van der Waals surface area (Å²) >= 11 is 0. The van der Waals surface area contributed by atoms with E-state index in [4.69, 9.17) is 14.2 Å². The maximum absolute atomic E-state index is 12.0. The van der Waals surface area contributed by atoms with Gasteiger partial charge in [0.2, 0.25) is 5.91 Å². The highest BCUT2D eigenvalue weighted by Gasteiger charge is 2.07. The summed E-state index contributed by atoms with van der Waals surface area (Å²) in [6, 6.07) is 12.7. The highest BCUT2D eigenvalue weighted by Crippen LogP contribution is 2.31. The van der Waals surface area contributed by atoms with Crippen LogP contribution in [0.25, 0.3) is 6.08 Å². The Hall–Kier alpha value is -2.95. The van der Waals surface area contributed by atoms with Crippen molar-refractivity contribution in [1.82, 2.24) is 0 Å². The van der Waals surface area contributed by atoms with E-state index in [0.717, 1.165) is 11.3 Å². The molecule has 0 bridgehead atoms. The second-order valence-electron chi connectivity index (χ2n) is 4.86. The average Bonchev–Trinajstić information content (AvgIpc) is 2.61. The van der Waals surface area contributed by atoms with Gasteiger partial charge < -0.3 is 19.5 Å². The Morgan fingerprint density at radius 3 is 2.46 bits per heavy atom. The zero-order valence-electron chi connectivity index (χ0n) is 14.0. The first-order valence-corrected chi connectivity index (χ1v) is 7.60.